The molecule has 0 bridgehead atoms. The second-order valence-corrected chi connectivity index (χ2v) is 12.6. The van der Waals surface area contributed by atoms with Gasteiger partial charge >= 0.3 is 35.6 Å². The van der Waals surface area contributed by atoms with Gasteiger partial charge in [-0.15, -0.1) is 16.9 Å². The first-order valence-corrected chi connectivity index (χ1v) is 15.9. The number of aromatic nitrogens is 6. The fourth-order valence-electron chi connectivity index (χ4n) is 4.75. The molecule has 1 unspecified atom stereocenters. The summed E-state index contributed by atoms with van der Waals surface area (Å²) in [5, 5.41) is 43.2. The third-order valence-electron chi connectivity index (χ3n) is 7.22. The van der Waals surface area contributed by atoms with Crippen molar-refractivity contribution >= 4 is 59.0 Å². The van der Waals surface area contributed by atoms with Crippen LogP contribution in [-0.2, 0) is 21.4 Å². The van der Waals surface area contributed by atoms with Gasteiger partial charge in [-0.3, -0.25) is 24.3 Å². The third kappa shape index (κ3) is 7.56. The number of thioether (sulfide) groups is 2. The number of anilines is 2. The average molecular weight is 692 g/mol. The molecule has 3 aliphatic rings. The van der Waals surface area contributed by atoms with Crippen molar-refractivity contribution in [3.63, 3.8) is 0 Å². The maximum absolute atomic E-state index is 13.6. The second kappa shape index (κ2) is 14.3. The molecule has 0 spiro atoms. The molecule has 6 rings (SSSR count). The number of hydrogen-bond acceptors (Lipinski definition) is 14. The fraction of sp³-hybridized carbons (Fsp3) is 0.346. The number of aromatic amines is 1. The Hall–Kier alpha value is -4.11. The van der Waals surface area contributed by atoms with E-state index in [-0.39, 0.29) is 75.8 Å². The smallest absolute Gasteiger partial charge is 0.543 e. The Morgan fingerprint density at radius 1 is 1.21 bits per heavy atom. The Morgan fingerprint density at radius 2 is 1.96 bits per heavy atom. The minimum atomic E-state index is -1.53. The summed E-state index contributed by atoms with van der Waals surface area (Å²) in [4.78, 5) is 72.1. The maximum Gasteiger partial charge on any atom is 1.00 e. The van der Waals surface area contributed by atoms with Crippen molar-refractivity contribution in [2.45, 2.75) is 41.5 Å². The molecule has 1 aliphatic carbocycles. The van der Waals surface area contributed by atoms with Crippen molar-refractivity contribution in [2.24, 2.45) is 7.05 Å². The number of hydrogen-bond donors (Lipinski definition) is 6. The number of tetrazole rings is 1. The predicted octanol–water partition coefficient (Wildman–Crippen LogP) is -4.36. The van der Waals surface area contributed by atoms with Crippen LogP contribution in [0.5, 0.6) is 5.75 Å². The van der Waals surface area contributed by atoms with Gasteiger partial charge in [0.15, 0.2) is 0 Å². The number of carboxylic acid groups (broad SMARTS) is 1. The molecule has 3 atom stereocenters. The molecule has 2 aliphatic heterocycles. The molecule has 21 heteroatoms. The molecule has 1 saturated heterocycles. The Bertz CT molecular complexity index is 1800. The summed E-state index contributed by atoms with van der Waals surface area (Å²) in [5.74, 6) is -2.37. The van der Waals surface area contributed by atoms with E-state index in [0.29, 0.717) is 10.7 Å². The summed E-state index contributed by atoms with van der Waals surface area (Å²) in [5.41, 5.74) is -0.358. The first kappa shape index (κ1) is 34.2. The van der Waals surface area contributed by atoms with Crippen LogP contribution >= 0.6 is 23.5 Å². The number of benzene rings is 1. The number of nitrogens with one attached hydrogen (secondary N) is 5. The number of urea groups is 1. The number of β-lactam (4-membered cyclic amide) rings is 1. The summed E-state index contributed by atoms with van der Waals surface area (Å²) in [6.07, 6.45) is 3.11. The summed E-state index contributed by atoms with van der Waals surface area (Å²) in [6.45, 7) is 0. The van der Waals surface area contributed by atoms with Gasteiger partial charge in [0.05, 0.1) is 17.9 Å². The molecule has 3 aromatic rings. The number of H-pyrrole nitrogens is 1. The number of amides is 4. The molecule has 1 saturated carbocycles. The zero-order valence-electron chi connectivity index (χ0n) is 24.9. The number of aromatic hydroxyl groups is 1. The molecule has 2 aromatic heterocycles. The normalized spacial score (nSPS) is 19.1. The minimum Gasteiger partial charge on any atom is -0.543 e. The van der Waals surface area contributed by atoms with Gasteiger partial charge in [-0.2, -0.15) is 0 Å². The predicted molar refractivity (Wildman–Crippen MR) is 161 cm³/mol. The number of carbonyl (C=O) groups is 4. The van der Waals surface area contributed by atoms with Gasteiger partial charge in [-0.25, -0.2) is 14.5 Å². The zero-order valence-corrected chi connectivity index (χ0v) is 28.6. The number of fused-ring (bicyclic) bond motifs is 1. The van der Waals surface area contributed by atoms with E-state index < -0.39 is 46.8 Å². The number of carboxylic acids is 1. The fourth-order valence-corrected chi connectivity index (χ4v) is 7.08. The van der Waals surface area contributed by atoms with Crippen LogP contribution in [0, 0.1) is 0 Å². The molecule has 4 heterocycles. The molecule has 47 heavy (non-hydrogen) atoms. The topological polar surface area (TPSA) is 252 Å². The zero-order chi connectivity index (χ0) is 32.5. The molecular formula is C26H26N11NaO7S2. The van der Waals surface area contributed by atoms with Gasteiger partial charge in [-0.1, -0.05) is 23.9 Å². The Labute approximate surface area is 296 Å². The number of rotatable bonds is 11. The summed E-state index contributed by atoms with van der Waals surface area (Å²) in [6, 6.07) is 2.29. The molecule has 1 aromatic carbocycles. The van der Waals surface area contributed by atoms with Gasteiger partial charge < -0.3 is 36.3 Å². The number of nitrogens with zero attached hydrogens (tertiary/aromatic N) is 6. The van der Waals surface area contributed by atoms with Gasteiger partial charge in [0.25, 0.3) is 11.5 Å². The molecular weight excluding hydrogens is 665 g/mol. The van der Waals surface area contributed by atoms with Gasteiger partial charge in [0.1, 0.15) is 28.9 Å². The van der Waals surface area contributed by atoms with Gasteiger partial charge in [0.2, 0.25) is 17.0 Å². The number of aliphatic carboxylic acids is 1. The van der Waals surface area contributed by atoms with E-state index in [1.54, 1.807) is 7.05 Å². The Kier molecular flexibility index (Phi) is 10.4. The standard InChI is InChI=1S/C26H27N11O7S2.Na/c1-36-26(33-34-35-36)46-10-12-9-45-22-17(21(41)37(22)18(12)23(42)43)30-20(40)16(11-2-6-14(38)7-3-11)31-25(44)29-15-8-27-24(32-19(15)39)28-13-4-5-13;/h2-3,6-8,13,16-17,22,38H,4-5,9-10H2,1H3,(H,30,40)(H,42,43)(H2,29,31,44)(H2,27,28,32,39);/q;+1/p-1/t16-,17?,22-;/m1./s1. The minimum absolute atomic E-state index is 0. The van der Waals surface area contributed by atoms with Gasteiger partial charge in [0, 0.05) is 24.6 Å². The van der Waals surface area contributed by atoms with E-state index in [0.717, 1.165) is 17.7 Å². The Balaban J connectivity index is 0.00000433. The van der Waals surface area contributed by atoms with Crippen molar-refractivity contribution < 1.29 is 58.9 Å². The summed E-state index contributed by atoms with van der Waals surface area (Å²) >= 11 is 2.46. The van der Waals surface area contributed by atoms with Crippen LogP contribution in [-0.4, -0.2) is 93.0 Å². The van der Waals surface area contributed by atoms with E-state index in [1.807, 2.05) is 0 Å². The first-order chi connectivity index (χ1) is 22.1. The van der Waals surface area contributed by atoms with E-state index in [9.17, 15) is 34.2 Å². The van der Waals surface area contributed by atoms with Crippen LogP contribution in [0.4, 0.5) is 16.4 Å². The van der Waals surface area contributed by atoms with Crippen LogP contribution in [0.25, 0.3) is 0 Å². The van der Waals surface area contributed by atoms with E-state index in [2.05, 4.69) is 46.8 Å². The molecule has 4 amide bonds. The number of phenols is 1. The van der Waals surface area contributed by atoms with Crippen LogP contribution in [0.15, 0.2) is 51.7 Å². The van der Waals surface area contributed by atoms with Crippen LogP contribution < -0.4 is 61.5 Å². The number of carbonyl (C=O) groups excluding carboxylic acids is 4. The first-order valence-electron chi connectivity index (χ1n) is 13.8. The SMILES string of the molecule is Cn1nnnc1SCC1=C(C(=O)[O-])N2C(=O)C(NC(=O)[C@H](NC(=O)Nc3cnc(NC4CC4)[nH]c3=O)c3ccc(O)cc3)[C@H]2SC1.[Na+]. The molecule has 18 nitrogen and oxygen atoms in total. The maximum atomic E-state index is 13.6. The van der Waals surface area contributed by atoms with E-state index in [1.165, 1.54) is 58.7 Å². The van der Waals surface area contributed by atoms with Crippen molar-refractivity contribution in [3.05, 3.63) is 57.6 Å². The van der Waals surface area contributed by atoms with Crippen molar-refractivity contribution in [1.82, 2.24) is 45.7 Å². The van der Waals surface area contributed by atoms with Gasteiger partial charge in [-0.05, 0) is 46.5 Å². The molecule has 2 fully saturated rings. The average Bonchev–Trinajstić information content (AvgIpc) is 3.75. The quantitative estimate of drug-likeness (QED) is 0.0632. The molecule has 240 valence electrons. The summed E-state index contributed by atoms with van der Waals surface area (Å²) < 4.78 is 1.43. The summed E-state index contributed by atoms with van der Waals surface area (Å²) in [7, 11) is 1.64. The van der Waals surface area contributed by atoms with Crippen LogP contribution in [0.3, 0.4) is 0 Å². The molecule has 0 radical (unpaired) electrons. The van der Waals surface area contributed by atoms with Crippen molar-refractivity contribution in [2.75, 3.05) is 22.1 Å². The van der Waals surface area contributed by atoms with E-state index in [4.69, 9.17) is 0 Å². The largest absolute Gasteiger partial charge is 1.00 e. The number of phenolic OH excluding ortho intramolecular Hbond substituents is 1. The van der Waals surface area contributed by atoms with Crippen molar-refractivity contribution in [1.29, 1.82) is 0 Å². The third-order valence-corrected chi connectivity index (χ3v) is 9.66. The van der Waals surface area contributed by atoms with Crippen molar-refractivity contribution in [3.8, 4) is 5.75 Å². The Morgan fingerprint density at radius 3 is 2.60 bits per heavy atom. The van der Waals surface area contributed by atoms with E-state index >= 15 is 0 Å². The van der Waals surface area contributed by atoms with Crippen LogP contribution in [0.2, 0.25) is 0 Å². The number of aryl methyl sites for hydroxylation is 1. The molecule has 6 N–H and O–H groups in total. The van der Waals surface area contributed by atoms with Crippen LogP contribution in [0.1, 0.15) is 24.4 Å². The second-order valence-electron chi connectivity index (χ2n) is 10.5. The monoisotopic (exact) mass is 691 g/mol.